The summed E-state index contributed by atoms with van der Waals surface area (Å²) in [4.78, 5) is 26.8. The van der Waals surface area contributed by atoms with E-state index in [1.807, 2.05) is 36.4 Å². The Labute approximate surface area is 216 Å². The molecule has 0 aromatic heterocycles. The van der Waals surface area contributed by atoms with Gasteiger partial charge >= 0.3 is 0 Å². The number of hydrogen-bond donors (Lipinski definition) is 0. The first kappa shape index (κ1) is 25.8. The number of fused-ring (bicyclic) bond motifs is 2. The third-order valence-corrected chi connectivity index (χ3v) is 7.07. The number of allylic oxidation sites excluding steroid dienone is 8. The monoisotopic (exact) mass is 478 g/mol. The van der Waals surface area contributed by atoms with Gasteiger partial charge in [-0.25, -0.2) is 0 Å². The highest BCUT2D eigenvalue weighted by Gasteiger charge is 2.32. The standard InChI is InChI=1S/C34H38O2/c1-32(2,3)23-16-17-25-22(19-29(34(7,8)9)31(36)27(25)20-23)15-14-21-18-28(33(4,5)6)30(35)26-13-11-10-12-24(21)26/h10-20H,1-9H3/b21-14+,22-15+. The summed E-state index contributed by atoms with van der Waals surface area (Å²) in [7, 11) is 0. The summed E-state index contributed by atoms with van der Waals surface area (Å²) in [6, 6.07) is 14.1. The third kappa shape index (κ3) is 4.74. The molecule has 0 radical (unpaired) electrons. The molecule has 2 heteroatoms. The van der Waals surface area contributed by atoms with Crippen LogP contribution in [0.4, 0.5) is 0 Å². The number of rotatable bonds is 1. The van der Waals surface area contributed by atoms with E-state index < -0.39 is 0 Å². The summed E-state index contributed by atoms with van der Waals surface area (Å²) in [5.41, 5.74) is 7.64. The molecule has 36 heavy (non-hydrogen) atoms. The van der Waals surface area contributed by atoms with Crippen LogP contribution in [0.3, 0.4) is 0 Å². The van der Waals surface area contributed by atoms with E-state index >= 15 is 0 Å². The average Bonchev–Trinajstić information content (AvgIpc) is 2.77. The maximum Gasteiger partial charge on any atom is 0.190 e. The molecule has 0 saturated heterocycles. The molecule has 2 aliphatic rings. The van der Waals surface area contributed by atoms with E-state index in [1.54, 1.807) is 0 Å². The van der Waals surface area contributed by atoms with E-state index in [-0.39, 0.29) is 27.8 Å². The van der Waals surface area contributed by atoms with Crippen LogP contribution in [-0.4, -0.2) is 11.6 Å². The summed E-state index contributed by atoms with van der Waals surface area (Å²) < 4.78 is 0. The van der Waals surface area contributed by atoms with Crippen LogP contribution in [0.25, 0.3) is 11.1 Å². The van der Waals surface area contributed by atoms with Crippen molar-refractivity contribution in [2.45, 2.75) is 67.7 Å². The van der Waals surface area contributed by atoms with Gasteiger partial charge in [0.1, 0.15) is 0 Å². The molecule has 0 fully saturated rings. The van der Waals surface area contributed by atoms with Gasteiger partial charge in [0.2, 0.25) is 0 Å². The Hall–Kier alpha value is -3.26. The van der Waals surface area contributed by atoms with Crippen LogP contribution in [0.1, 0.15) is 99.7 Å². The van der Waals surface area contributed by atoms with Crippen molar-refractivity contribution in [3.05, 3.63) is 106 Å². The number of Topliss-reactive ketones (excluding diaryl/α,β-unsaturated/α-hetero) is 2. The Morgan fingerprint density at radius 1 is 0.528 bits per heavy atom. The first-order valence-electron chi connectivity index (χ1n) is 12.8. The van der Waals surface area contributed by atoms with Crippen LogP contribution in [-0.2, 0) is 5.41 Å². The van der Waals surface area contributed by atoms with Crippen LogP contribution in [0.2, 0.25) is 0 Å². The fourth-order valence-corrected chi connectivity index (χ4v) is 4.84. The third-order valence-electron chi connectivity index (χ3n) is 7.07. The molecule has 0 N–H and O–H groups in total. The van der Waals surface area contributed by atoms with Crippen molar-refractivity contribution in [3.8, 4) is 0 Å². The van der Waals surface area contributed by atoms with E-state index in [1.165, 1.54) is 0 Å². The minimum atomic E-state index is -0.276. The number of carbonyl (C=O) groups excluding carboxylic acids is 2. The number of ketones is 2. The first-order valence-corrected chi connectivity index (χ1v) is 12.8. The molecule has 2 nitrogen and oxygen atoms in total. The van der Waals surface area contributed by atoms with E-state index in [9.17, 15) is 9.59 Å². The Morgan fingerprint density at radius 2 is 0.972 bits per heavy atom. The molecule has 0 unspecified atom stereocenters. The number of carbonyl (C=O) groups is 2. The number of benzene rings is 2. The highest BCUT2D eigenvalue weighted by molar-refractivity contribution is 6.18. The Bertz CT molecular complexity index is 1380. The molecule has 0 spiro atoms. The quantitative estimate of drug-likeness (QED) is 0.410. The molecule has 0 atom stereocenters. The smallest absolute Gasteiger partial charge is 0.190 e. The lowest BCUT2D eigenvalue weighted by atomic mass is 9.74. The van der Waals surface area contributed by atoms with Gasteiger partial charge in [-0.3, -0.25) is 9.59 Å². The van der Waals surface area contributed by atoms with Gasteiger partial charge in [0.15, 0.2) is 11.6 Å². The second-order valence-electron chi connectivity index (χ2n) is 13.1. The summed E-state index contributed by atoms with van der Waals surface area (Å²) in [5.74, 6) is 0.207. The molecule has 0 heterocycles. The summed E-state index contributed by atoms with van der Waals surface area (Å²) >= 11 is 0. The molecule has 0 amide bonds. The van der Waals surface area contributed by atoms with Gasteiger partial charge in [-0.2, -0.15) is 0 Å². The van der Waals surface area contributed by atoms with Crippen molar-refractivity contribution in [1.29, 1.82) is 0 Å². The predicted octanol–water partition coefficient (Wildman–Crippen LogP) is 8.79. The fourth-order valence-electron chi connectivity index (χ4n) is 4.84. The molecule has 186 valence electrons. The Balaban J connectivity index is 1.94. The minimum absolute atomic E-state index is 0.0449. The molecule has 2 aromatic rings. The normalized spacial score (nSPS) is 18.7. The van der Waals surface area contributed by atoms with E-state index in [0.717, 1.165) is 50.1 Å². The maximum atomic E-state index is 13.6. The molecule has 0 saturated carbocycles. The molecule has 0 aliphatic heterocycles. The van der Waals surface area contributed by atoms with Gasteiger partial charge < -0.3 is 0 Å². The molecule has 2 aliphatic carbocycles. The second-order valence-corrected chi connectivity index (χ2v) is 13.1. The van der Waals surface area contributed by atoms with E-state index in [4.69, 9.17) is 0 Å². The fraction of sp³-hybridized carbons (Fsp3) is 0.353. The Kier molecular flexibility index (Phi) is 6.23. The van der Waals surface area contributed by atoms with Crippen molar-refractivity contribution >= 4 is 22.7 Å². The Morgan fingerprint density at radius 3 is 1.44 bits per heavy atom. The molecular formula is C34H38O2. The van der Waals surface area contributed by atoms with Crippen molar-refractivity contribution in [2.24, 2.45) is 10.8 Å². The molecule has 0 bridgehead atoms. The highest BCUT2D eigenvalue weighted by atomic mass is 16.1. The summed E-state index contributed by atoms with van der Waals surface area (Å²) in [5, 5.41) is 0. The van der Waals surface area contributed by atoms with Gasteiger partial charge in [0.05, 0.1) is 0 Å². The van der Waals surface area contributed by atoms with Crippen LogP contribution in [0.5, 0.6) is 0 Å². The summed E-state index contributed by atoms with van der Waals surface area (Å²) in [6.07, 6.45) is 8.29. The largest absolute Gasteiger partial charge is 0.289 e. The maximum absolute atomic E-state index is 13.6. The van der Waals surface area contributed by atoms with Gasteiger partial charge in [-0.15, -0.1) is 0 Å². The van der Waals surface area contributed by atoms with Crippen molar-refractivity contribution < 1.29 is 9.59 Å². The SMILES string of the molecule is CC(C)(C)C1=C/C(=C\C=C2/C=C(C(C)(C)C)C(=O)c3cc(C(C)(C)C)ccc32)c2ccccc2C1=O. The van der Waals surface area contributed by atoms with Gasteiger partial charge in [0.25, 0.3) is 0 Å². The zero-order valence-corrected chi connectivity index (χ0v) is 23.2. The van der Waals surface area contributed by atoms with Crippen molar-refractivity contribution in [3.63, 3.8) is 0 Å². The average molecular weight is 479 g/mol. The van der Waals surface area contributed by atoms with Crippen molar-refractivity contribution in [1.82, 2.24) is 0 Å². The first-order chi connectivity index (χ1) is 16.6. The van der Waals surface area contributed by atoms with Crippen LogP contribution < -0.4 is 0 Å². The van der Waals surface area contributed by atoms with Crippen LogP contribution in [0, 0.1) is 10.8 Å². The lowest BCUT2D eigenvalue weighted by Gasteiger charge is -2.29. The minimum Gasteiger partial charge on any atom is -0.289 e. The molecule has 4 rings (SSSR count). The van der Waals surface area contributed by atoms with E-state index in [0.29, 0.717) is 0 Å². The topological polar surface area (TPSA) is 34.1 Å². The lowest BCUT2D eigenvalue weighted by molar-refractivity contribution is 0.1000. The van der Waals surface area contributed by atoms with Gasteiger partial charge in [-0.05, 0) is 62.3 Å². The lowest BCUT2D eigenvalue weighted by Crippen LogP contribution is -2.23. The number of hydrogen-bond acceptors (Lipinski definition) is 2. The van der Waals surface area contributed by atoms with Crippen LogP contribution in [0.15, 0.2) is 77.9 Å². The van der Waals surface area contributed by atoms with Crippen LogP contribution >= 0.6 is 0 Å². The van der Waals surface area contributed by atoms with Gasteiger partial charge in [0, 0.05) is 22.3 Å². The predicted molar refractivity (Wildman–Crippen MR) is 151 cm³/mol. The molecule has 2 aromatic carbocycles. The zero-order chi connectivity index (χ0) is 26.6. The highest BCUT2D eigenvalue weighted by Crippen LogP contribution is 2.41. The summed E-state index contributed by atoms with van der Waals surface area (Å²) in [6.45, 7) is 19.0. The molecular weight excluding hydrogens is 440 g/mol. The van der Waals surface area contributed by atoms with E-state index in [2.05, 4.69) is 92.7 Å². The van der Waals surface area contributed by atoms with Gasteiger partial charge in [-0.1, -0.05) is 111 Å². The van der Waals surface area contributed by atoms with Crippen molar-refractivity contribution in [2.75, 3.05) is 0 Å². The zero-order valence-electron chi connectivity index (χ0n) is 23.2. The second kappa shape index (κ2) is 8.69.